The standard InChI is InChI=1S/C11H12N2OS/c1-7-8(2)12-10(13-11(7)14)6-9-4-3-5-15-9/h3-5H,6H2,1-2H3,(H,12,13,14). The monoisotopic (exact) mass is 220 g/mol. The van der Waals surface area contributed by atoms with Crippen molar-refractivity contribution in [2.45, 2.75) is 20.3 Å². The lowest BCUT2D eigenvalue weighted by Gasteiger charge is -2.02. The van der Waals surface area contributed by atoms with Gasteiger partial charge in [0.25, 0.3) is 5.56 Å². The first-order valence-electron chi connectivity index (χ1n) is 4.75. The first-order valence-corrected chi connectivity index (χ1v) is 5.63. The normalized spacial score (nSPS) is 10.5. The number of H-pyrrole nitrogens is 1. The molecule has 4 heteroatoms. The molecule has 0 atom stereocenters. The third kappa shape index (κ3) is 2.15. The van der Waals surface area contributed by atoms with Gasteiger partial charge in [0.2, 0.25) is 0 Å². The van der Waals surface area contributed by atoms with Crippen LogP contribution in [0.2, 0.25) is 0 Å². The third-order valence-corrected chi connectivity index (χ3v) is 3.24. The van der Waals surface area contributed by atoms with E-state index >= 15 is 0 Å². The minimum Gasteiger partial charge on any atom is -0.310 e. The molecule has 0 saturated heterocycles. The number of aromatic nitrogens is 2. The molecule has 0 aromatic carbocycles. The van der Waals surface area contributed by atoms with Crippen molar-refractivity contribution < 1.29 is 0 Å². The number of rotatable bonds is 2. The average Bonchev–Trinajstić information content (AvgIpc) is 2.66. The number of nitrogens with one attached hydrogen (secondary N) is 1. The summed E-state index contributed by atoms with van der Waals surface area (Å²) in [6, 6.07) is 4.04. The second-order valence-electron chi connectivity index (χ2n) is 3.48. The fourth-order valence-corrected chi connectivity index (χ4v) is 2.07. The first-order chi connectivity index (χ1) is 7.16. The van der Waals surface area contributed by atoms with Gasteiger partial charge in [0.1, 0.15) is 5.82 Å². The molecule has 0 unspecified atom stereocenters. The van der Waals surface area contributed by atoms with Crippen LogP contribution in [0.5, 0.6) is 0 Å². The van der Waals surface area contributed by atoms with Crippen LogP contribution in [0.15, 0.2) is 22.3 Å². The van der Waals surface area contributed by atoms with Crippen molar-refractivity contribution in [3.63, 3.8) is 0 Å². The molecule has 15 heavy (non-hydrogen) atoms. The number of nitrogens with zero attached hydrogens (tertiary/aromatic N) is 1. The zero-order valence-electron chi connectivity index (χ0n) is 8.70. The van der Waals surface area contributed by atoms with Crippen LogP contribution in [-0.4, -0.2) is 9.97 Å². The number of hydrogen-bond acceptors (Lipinski definition) is 3. The summed E-state index contributed by atoms with van der Waals surface area (Å²) >= 11 is 1.67. The van der Waals surface area contributed by atoms with E-state index in [0.29, 0.717) is 12.0 Å². The lowest BCUT2D eigenvalue weighted by molar-refractivity contribution is 0.910. The molecule has 0 saturated carbocycles. The van der Waals surface area contributed by atoms with Crippen LogP contribution in [-0.2, 0) is 6.42 Å². The van der Waals surface area contributed by atoms with E-state index in [1.165, 1.54) is 4.88 Å². The highest BCUT2D eigenvalue weighted by molar-refractivity contribution is 7.09. The highest BCUT2D eigenvalue weighted by Gasteiger charge is 2.04. The van der Waals surface area contributed by atoms with Crippen molar-refractivity contribution in [3.05, 3.63) is 49.8 Å². The number of hydrogen-bond donors (Lipinski definition) is 1. The molecule has 0 fully saturated rings. The molecule has 2 rings (SSSR count). The lowest BCUT2D eigenvalue weighted by Crippen LogP contribution is -2.16. The van der Waals surface area contributed by atoms with Gasteiger partial charge in [-0.15, -0.1) is 11.3 Å². The highest BCUT2D eigenvalue weighted by Crippen LogP contribution is 2.12. The summed E-state index contributed by atoms with van der Waals surface area (Å²) in [6.45, 7) is 3.65. The fourth-order valence-electron chi connectivity index (χ4n) is 1.37. The Hall–Kier alpha value is -1.42. The smallest absolute Gasteiger partial charge is 0.254 e. The maximum absolute atomic E-state index is 11.5. The van der Waals surface area contributed by atoms with Crippen molar-refractivity contribution in [3.8, 4) is 0 Å². The van der Waals surface area contributed by atoms with E-state index in [9.17, 15) is 4.79 Å². The van der Waals surface area contributed by atoms with Gasteiger partial charge in [-0.2, -0.15) is 0 Å². The summed E-state index contributed by atoms with van der Waals surface area (Å²) in [5, 5.41) is 2.02. The molecule has 0 aliphatic carbocycles. The maximum atomic E-state index is 11.5. The van der Waals surface area contributed by atoms with Gasteiger partial charge in [0, 0.05) is 22.6 Å². The number of thiophene rings is 1. The van der Waals surface area contributed by atoms with Gasteiger partial charge in [-0.25, -0.2) is 4.98 Å². The molecule has 2 aromatic heterocycles. The average molecular weight is 220 g/mol. The summed E-state index contributed by atoms with van der Waals surface area (Å²) in [7, 11) is 0. The molecule has 0 aliphatic rings. The highest BCUT2D eigenvalue weighted by atomic mass is 32.1. The summed E-state index contributed by atoms with van der Waals surface area (Å²) < 4.78 is 0. The molecule has 1 N–H and O–H groups in total. The van der Waals surface area contributed by atoms with E-state index in [2.05, 4.69) is 9.97 Å². The second kappa shape index (κ2) is 3.98. The molecule has 2 heterocycles. The predicted molar refractivity (Wildman–Crippen MR) is 61.5 cm³/mol. The first kappa shape index (κ1) is 10.1. The molecule has 0 aliphatic heterocycles. The van der Waals surface area contributed by atoms with Gasteiger partial charge in [-0.05, 0) is 25.3 Å². The zero-order valence-corrected chi connectivity index (χ0v) is 9.52. The molecule has 0 spiro atoms. The zero-order chi connectivity index (χ0) is 10.8. The van der Waals surface area contributed by atoms with Gasteiger partial charge in [-0.1, -0.05) is 6.07 Å². The Balaban J connectivity index is 2.34. The third-order valence-electron chi connectivity index (χ3n) is 2.37. The van der Waals surface area contributed by atoms with E-state index in [4.69, 9.17) is 0 Å². The quantitative estimate of drug-likeness (QED) is 0.841. The summed E-state index contributed by atoms with van der Waals surface area (Å²) in [5.41, 5.74) is 1.48. The minimum atomic E-state index is -0.0333. The Kier molecular flexibility index (Phi) is 2.68. The summed E-state index contributed by atoms with van der Waals surface area (Å²) in [5.74, 6) is 0.741. The van der Waals surface area contributed by atoms with Crippen LogP contribution >= 0.6 is 11.3 Å². The Morgan fingerprint density at radius 1 is 1.47 bits per heavy atom. The van der Waals surface area contributed by atoms with Crippen LogP contribution in [0.1, 0.15) is 22.0 Å². The molecular weight excluding hydrogens is 208 g/mol. The Morgan fingerprint density at radius 3 is 2.87 bits per heavy atom. The van der Waals surface area contributed by atoms with Crippen LogP contribution < -0.4 is 5.56 Å². The lowest BCUT2D eigenvalue weighted by atomic mass is 10.2. The number of aromatic amines is 1. The predicted octanol–water partition coefficient (Wildman–Crippen LogP) is 2.04. The topological polar surface area (TPSA) is 45.8 Å². The van der Waals surface area contributed by atoms with Crippen molar-refractivity contribution in [1.82, 2.24) is 9.97 Å². The van der Waals surface area contributed by atoms with Crippen molar-refractivity contribution >= 4 is 11.3 Å². The van der Waals surface area contributed by atoms with E-state index < -0.39 is 0 Å². The van der Waals surface area contributed by atoms with E-state index in [1.807, 2.05) is 24.4 Å². The van der Waals surface area contributed by atoms with E-state index in [1.54, 1.807) is 18.3 Å². The van der Waals surface area contributed by atoms with E-state index in [-0.39, 0.29) is 5.56 Å². The molecule has 0 amide bonds. The SMILES string of the molecule is Cc1nc(Cc2cccs2)[nH]c(=O)c1C. The maximum Gasteiger partial charge on any atom is 0.254 e. The van der Waals surface area contributed by atoms with Crippen molar-refractivity contribution in [2.75, 3.05) is 0 Å². The Morgan fingerprint density at radius 2 is 2.27 bits per heavy atom. The fraction of sp³-hybridized carbons (Fsp3) is 0.273. The van der Waals surface area contributed by atoms with Crippen molar-refractivity contribution in [1.29, 1.82) is 0 Å². The van der Waals surface area contributed by atoms with Crippen molar-refractivity contribution in [2.24, 2.45) is 0 Å². The molecular formula is C11H12N2OS. The molecule has 0 radical (unpaired) electrons. The van der Waals surface area contributed by atoms with Gasteiger partial charge < -0.3 is 4.98 Å². The summed E-state index contributed by atoms with van der Waals surface area (Å²) in [4.78, 5) is 19.9. The Labute approximate surface area is 91.8 Å². The molecule has 0 bridgehead atoms. The molecule has 3 nitrogen and oxygen atoms in total. The Bertz CT molecular complexity index is 514. The molecule has 2 aromatic rings. The molecule has 78 valence electrons. The van der Waals surface area contributed by atoms with Crippen LogP contribution in [0.4, 0.5) is 0 Å². The van der Waals surface area contributed by atoms with Gasteiger partial charge in [-0.3, -0.25) is 4.79 Å². The van der Waals surface area contributed by atoms with Gasteiger partial charge >= 0.3 is 0 Å². The van der Waals surface area contributed by atoms with Crippen LogP contribution in [0.25, 0.3) is 0 Å². The largest absolute Gasteiger partial charge is 0.310 e. The van der Waals surface area contributed by atoms with Gasteiger partial charge in [0.05, 0.1) is 0 Å². The number of aryl methyl sites for hydroxylation is 1. The van der Waals surface area contributed by atoms with Crippen LogP contribution in [0, 0.1) is 13.8 Å². The van der Waals surface area contributed by atoms with E-state index in [0.717, 1.165) is 11.5 Å². The van der Waals surface area contributed by atoms with Gasteiger partial charge in [0.15, 0.2) is 0 Å². The van der Waals surface area contributed by atoms with Crippen LogP contribution in [0.3, 0.4) is 0 Å². The second-order valence-corrected chi connectivity index (χ2v) is 4.51. The minimum absolute atomic E-state index is 0.0333. The summed E-state index contributed by atoms with van der Waals surface area (Å²) in [6.07, 6.45) is 0.702.